The number of nitrogens with one attached hydrogen (secondary N) is 1. The molecule has 0 spiro atoms. The lowest BCUT2D eigenvalue weighted by atomic mass is 10.1. The molecule has 3 aromatic rings. The van der Waals surface area contributed by atoms with Crippen molar-refractivity contribution in [1.82, 2.24) is 10.3 Å². The summed E-state index contributed by atoms with van der Waals surface area (Å²) in [4.78, 5) is 30.1. The van der Waals surface area contributed by atoms with E-state index < -0.39 is 4.92 Å². The summed E-state index contributed by atoms with van der Waals surface area (Å²) in [5.41, 5.74) is 1.83. The van der Waals surface area contributed by atoms with Crippen LogP contribution in [0, 0.1) is 10.1 Å². The fraction of sp³-hybridized carbons (Fsp3) is 0.333. The van der Waals surface area contributed by atoms with Gasteiger partial charge in [0.25, 0.3) is 11.6 Å². The van der Waals surface area contributed by atoms with E-state index >= 15 is 0 Å². The Balaban J connectivity index is 1.37. The molecular formula is C24H26N4O4. The van der Waals surface area contributed by atoms with Crippen LogP contribution >= 0.6 is 0 Å². The molecule has 1 N–H and O–H groups in total. The van der Waals surface area contributed by atoms with Crippen molar-refractivity contribution >= 4 is 28.2 Å². The van der Waals surface area contributed by atoms with Crippen molar-refractivity contribution in [1.29, 1.82) is 0 Å². The number of rotatable bonds is 8. The van der Waals surface area contributed by atoms with Crippen LogP contribution in [0.4, 0.5) is 11.4 Å². The van der Waals surface area contributed by atoms with Gasteiger partial charge in [-0.05, 0) is 43.9 Å². The normalized spacial score (nSPS) is 13.7. The first-order valence-corrected chi connectivity index (χ1v) is 10.9. The van der Waals surface area contributed by atoms with Gasteiger partial charge in [0.05, 0.1) is 22.8 Å². The average molecular weight is 434 g/mol. The molecule has 0 saturated carbocycles. The maximum atomic E-state index is 12.9. The summed E-state index contributed by atoms with van der Waals surface area (Å²) >= 11 is 0. The van der Waals surface area contributed by atoms with Gasteiger partial charge in [-0.25, -0.2) is 0 Å². The Morgan fingerprint density at radius 3 is 2.75 bits per heavy atom. The zero-order chi connectivity index (χ0) is 22.3. The zero-order valence-corrected chi connectivity index (χ0v) is 17.8. The number of hydrogen-bond acceptors (Lipinski definition) is 6. The third-order valence-corrected chi connectivity index (χ3v) is 5.59. The second-order valence-corrected chi connectivity index (χ2v) is 7.80. The monoisotopic (exact) mass is 434 g/mol. The number of non-ortho nitro benzene ring substituents is 1. The third kappa shape index (κ3) is 4.96. The molecule has 1 aliphatic rings. The highest BCUT2D eigenvalue weighted by Crippen LogP contribution is 2.28. The van der Waals surface area contributed by atoms with Crippen LogP contribution in [0.3, 0.4) is 0 Å². The van der Waals surface area contributed by atoms with Crippen LogP contribution in [-0.2, 0) is 0 Å². The molecule has 2 heterocycles. The number of amides is 1. The number of carbonyl (C=O) groups excluding carboxylic acids is 1. The summed E-state index contributed by atoms with van der Waals surface area (Å²) in [6.45, 7) is 2.53. The van der Waals surface area contributed by atoms with Crippen LogP contribution < -0.4 is 15.0 Å². The number of para-hydroxylation sites is 1. The van der Waals surface area contributed by atoms with Crippen molar-refractivity contribution in [2.75, 3.05) is 31.1 Å². The van der Waals surface area contributed by atoms with Gasteiger partial charge < -0.3 is 15.0 Å². The molecule has 1 amide bonds. The van der Waals surface area contributed by atoms with E-state index in [4.69, 9.17) is 4.74 Å². The summed E-state index contributed by atoms with van der Waals surface area (Å²) in [5, 5.41) is 15.1. The van der Waals surface area contributed by atoms with Crippen LogP contribution in [-0.4, -0.2) is 42.1 Å². The van der Waals surface area contributed by atoms with Gasteiger partial charge in [-0.3, -0.25) is 19.9 Å². The maximum Gasteiger partial charge on any atom is 0.270 e. The molecule has 0 atom stereocenters. The van der Waals surface area contributed by atoms with Gasteiger partial charge in [-0.15, -0.1) is 0 Å². The van der Waals surface area contributed by atoms with E-state index in [2.05, 4.69) is 15.2 Å². The summed E-state index contributed by atoms with van der Waals surface area (Å²) in [6.07, 6.45) is 5.60. The number of nitrogens with zero attached hydrogens (tertiary/aromatic N) is 3. The van der Waals surface area contributed by atoms with Gasteiger partial charge in [0.2, 0.25) is 0 Å². The molecule has 166 valence electrons. The topological polar surface area (TPSA) is 97.6 Å². The molecule has 4 rings (SSSR count). The van der Waals surface area contributed by atoms with E-state index in [1.165, 1.54) is 12.1 Å². The summed E-state index contributed by atoms with van der Waals surface area (Å²) in [5.74, 6) is 0.404. The molecule has 0 radical (unpaired) electrons. The van der Waals surface area contributed by atoms with Gasteiger partial charge in [0, 0.05) is 43.4 Å². The Morgan fingerprint density at radius 2 is 1.94 bits per heavy atom. The number of fused-ring (bicyclic) bond motifs is 1. The zero-order valence-electron chi connectivity index (χ0n) is 17.8. The smallest absolute Gasteiger partial charge is 0.270 e. The van der Waals surface area contributed by atoms with Crippen molar-refractivity contribution in [3.63, 3.8) is 0 Å². The number of nitro groups is 1. The van der Waals surface area contributed by atoms with Gasteiger partial charge in [0.15, 0.2) is 0 Å². The van der Waals surface area contributed by atoms with Crippen molar-refractivity contribution < 1.29 is 14.5 Å². The van der Waals surface area contributed by atoms with Crippen LogP contribution in [0.25, 0.3) is 10.9 Å². The quantitative estimate of drug-likeness (QED) is 0.322. The second-order valence-electron chi connectivity index (χ2n) is 7.80. The van der Waals surface area contributed by atoms with Gasteiger partial charge in [0.1, 0.15) is 11.3 Å². The molecular weight excluding hydrogens is 408 g/mol. The number of nitro benzene ring substituents is 1. The lowest BCUT2D eigenvalue weighted by molar-refractivity contribution is -0.384. The number of piperidine rings is 1. The van der Waals surface area contributed by atoms with Gasteiger partial charge in [-0.2, -0.15) is 0 Å². The van der Waals surface area contributed by atoms with E-state index in [0.29, 0.717) is 30.9 Å². The van der Waals surface area contributed by atoms with Crippen molar-refractivity contribution in [2.24, 2.45) is 0 Å². The van der Waals surface area contributed by atoms with Crippen LogP contribution in [0.15, 0.2) is 54.7 Å². The Labute approximate surface area is 186 Å². The number of anilines is 1. The molecule has 1 aliphatic heterocycles. The van der Waals surface area contributed by atoms with E-state index in [9.17, 15) is 14.9 Å². The van der Waals surface area contributed by atoms with Crippen LogP contribution in [0.2, 0.25) is 0 Å². The summed E-state index contributed by atoms with van der Waals surface area (Å²) in [6, 6.07) is 14.2. The van der Waals surface area contributed by atoms with Crippen molar-refractivity contribution in [3.05, 3.63) is 70.4 Å². The van der Waals surface area contributed by atoms with E-state index in [0.717, 1.165) is 48.9 Å². The summed E-state index contributed by atoms with van der Waals surface area (Å²) in [7, 11) is 0. The molecule has 0 bridgehead atoms. The SMILES string of the molecule is O=C(NCCCOc1cccc2cccnc12)c1cc([N+](=O)[O-])ccc1N1CCCCC1. The molecule has 1 aromatic heterocycles. The second kappa shape index (κ2) is 10.1. The number of pyridine rings is 1. The Morgan fingerprint density at radius 1 is 1.12 bits per heavy atom. The minimum atomic E-state index is -0.469. The van der Waals surface area contributed by atoms with E-state index in [1.54, 1.807) is 12.3 Å². The minimum Gasteiger partial charge on any atom is -0.491 e. The number of aromatic nitrogens is 1. The lowest BCUT2D eigenvalue weighted by Gasteiger charge is -2.30. The number of benzene rings is 2. The lowest BCUT2D eigenvalue weighted by Crippen LogP contribution is -2.33. The Kier molecular flexibility index (Phi) is 6.79. The average Bonchev–Trinajstić information content (AvgIpc) is 2.84. The maximum absolute atomic E-state index is 12.9. The van der Waals surface area contributed by atoms with E-state index in [1.807, 2.05) is 30.3 Å². The molecule has 1 saturated heterocycles. The molecule has 0 aliphatic carbocycles. The van der Waals surface area contributed by atoms with Crippen LogP contribution in [0.1, 0.15) is 36.0 Å². The molecule has 1 fully saturated rings. The first kappa shape index (κ1) is 21.5. The van der Waals surface area contributed by atoms with E-state index in [-0.39, 0.29) is 11.6 Å². The first-order chi connectivity index (χ1) is 15.6. The number of carbonyl (C=O) groups is 1. The Bertz CT molecular complexity index is 1110. The molecule has 0 unspecified atom stereocenters. The largest absolute Gasteiger partial charge is 0.491 e. The fourth-order valence-electron chi connectivity index (χ4n) is 3.97. The van der Waals surface area contributed by atoms with Gasteiger partial charge in [-0.1, -0.05) is 18.2 Å². The van der Waals surface area contributed by atoms with Crippen molar-refractivity contribution in [3.8, 4) is 5.75 Å². The molecule has 8 nitrogen and oxygen atoms in total. The molecule has 2 aromatic carbocycles. The highest BCUT2D eigenvalue weighted by molar-refractivity contribution is 6.00. The predicted molar refractivity (Wildman–Crippen MR) is 123 cm³/mol. The minimum absolute atomic E-state index is 0.0808. The van der Waals surface area contributed by atoms with Crippen molar-refractivity contribution in [2.45, 2.75) is 25.7 Å². The molecule has 32 heavy (non-hydrogen) atoms. The number of ether oxygens (including phenoxy) is 1. The molecule has 8 heteroatoms. The highest BCUT2D eigenvalue weighted by atomic mass is 16.6. The number of hydrogen-bond donors (Lipinski definition) is 1. The Hall–Kier alpha value is -3.68. The summed E-state index contributed by atoms with van der Waals surface area (Å²) < 4.78 is 5.86. The first-order valence-electron chi connectivity index (χ1n) is 10.9. The third-order valence-electron chi connectivity index (χ3n) is 5.59. The van der Waals surface area contributed by atoms with Crippen LogP contribution in [0.5, 0.6) is 5.75 Å². The fourth-order valence-corrected chi connectivity index (χ4v) is 3.97. The predicted octanol–water partition coefficient (Wildman–Crippen LogP) is 4.33. The highest BCUT2D eigenvalue weighted by Gasteiger charge is 2.21. The van der Waals surface area contributed by atoms with Gasteiger partial charge >= 0.3 is 0 Å². The standard InChI is InChI=1S/C24H26N4O4/c29-24(20-17-19(28(30)31)10-11-21(20)27-14-2-1-3-15-27)26-13-6-16-32-22-9-4-7-18-8-5-12-25-23(18)22/h4-5,7-12,17H,1-3,6,13-16H2,(H,26,29).